The summed E-state index contributed by atoms with van der Waals surface area (Å²) in [5, 5.41) is 0. The average molecular weight is 423 g/mol. The highest BCUT2D eigenvalue weighted by atomic mass is 16.5. The van der Waals surface area contributed by atoms with Crippen LogP contribution in [0.4, 0.5) is 5.69 Å². The molecule has 1 atom stereocenters. The number of furan rings is 1. The Balaban J connectivity index is 1.37. The van der Waals surface area contributed by atoms with E-state index < -0.39 is 0 Å². The lowest BCUT2D eigenvalue weighted by Gasteiger charge is -2.35. The zero-order valence-corrected chi connectivity index (χ0v) is 18.2. The van der Waals surface area contributed by atoms with Crippen LogP contribution in [0.1, 0.15) is 24.9 Å². The quantitative estimate of drug-likeness (QED) is 0.556. The van der Waals surface area contributed by atoms with Crippen molar-refractivity contribution in [2.45, 2.75) is 39.3 Å². The van der Waals surface area contributed by atoms with Crippen molar-refractivity contribution >= 4 is 11.6 Å². The Morgan fingerprint density at radius 1 is 1.13 bits per heavy atom. The van der Waals surface area contributed by atoms with Crippen LogP contribution in [0.3, 0.4) is 0 Å². The van der Waals surface area contributed by atoms with Gasteiger partial charge in [0, 0.05) is 57.6 Å². The number of ether oxygens (including phenoxy) is 1. The third-order valence-electron chi connectivity index (χ3n) is 5.71. The summed E-state index contributed by atoms with van der Waals surface area (Å²) < 4.78 is 14.1. The number of rotatable bonds is 8. The van der Waals surface area contributed by atoms with E-state index in [-0.39, 0.29) is 12.0 Å². The molecule has 1 fully saturated rings. The molecule has 0 radical (unpaired) electrons. The molecule has 1 aliphatic rings. The van der Waals surface area contributed by atoms with Gasteiger partial charge < -0.3 is 23.5 Å². The van der Waals surface area contributed by atoms with Gasteiger partial charge in [-0.2, -0.15) is 0 Å². The van der Waals surface area contributed by atoms with Gasteiger partial charge in [-0.1, -0.05) is 0 Å². The highest BCUT2D eigenvalue weighted by molar-refractivity contribution is 5.73. The SMILES string of the molecule is CC(=O)N1CCN(c2ccc(OC(CCc3ccc(C)o3)Cn3ccnc3)cc2)CC1. The fourth-order valence-corrected chi connectivity index (χ4v) is 3.95. The molecular formula is C24H30N4O3. The Kier molecular flexibility index (Phi) is 6.60. The van der Waals surface area contributed by atoms with Gasteiger partial charge in [-0.3, -0.25) is 4.79 Å². The molecule has 1 aliphatic heterocycles. The summed E-state index contributed by atoms with van der Waals surface area (Å²) in [6.07, 6.45) is 7.23. The first-order valence-electron chi connectivity index (χ1n) is 10.8. The molecule has 0 bridgehead atoms. The summed E-state index contributed by atoms with van der Waals surface area (Å²) in [5.74, 6) is 2.92. The number of aryl methyl sites for hydroxylation is 2. The van der Waals surface area contributed by atoms with Gasteiger partial charge in [-0.05, 0) is 49.7 Å². The molecule has 31 heavy (non-hydrogen) atoms. The van der Waals surface area contributed by atoms with E-state index in [0.717, 1.165) is 68.5 Å². The number of carbonyl (C=O) groups excluding carboxylic acids is 1. The van der Waals surface area contributed by atoms with Crippen LogP contribution < -0.4 is 9.64 Å². The Labute approximate surface area is 183 Å². The molecule has 1 aromatic carbocycles. The van der Waals surface area contributed by atoms with E-state index >= 15 is 0 Å². The first-order chi connectivity index (χ1) is 15.1. The van der Waals surface area contributed by atoms with E-state index in [2.05, 4.69) is 22.0 Å². The first kappa shape index (κ1) is 21.0. The summed E-state index contributed by atoms with van der Waals surface area (Å²) >= 11 is 0. The third-order valence-corrected chi connectivity index (χ3v) is 5.71. The normalized spacial score (nSPS) is 15.2. The van der Waals surface area contributed by atoms with Crippen molar-refractivity contribution in [1.29, 1.82) is 0 Å². The van der Waals surface area contributed by atoms with Crippen molar-refractivity contribution < 1.29 is 13.9 Å². The predicted octanol–water partition coefficient (Wildman–Crippen LogP) is 3.53. The van der Waals surface area contributed by atoms with Gasteiger partial charge in [-0.25, -0.2) is 4.98 Å². The number of hydrogen-bond acceptors (Lipinski definition) is 5. The number of imidazole rings is 1. The molecule has 4 rings (SSSR count). The zero-order valence-electron chi connectivity index (χ0n) is 18.2. The second kappa shape index (κ2) is 9.73. The van der Waals surface area contributed by atoms with E-state index in [1.165, 1.54) is 0 Å². The number of anilines is 1. The highest BCUT2D eigenvalue weighted by Crippen LogP contribution is 2.23. The average Bonchev–Trinajstić information content (AvgIpc) is 3.44. The van der Waals surface area contributed by atoms with Crippen LogP contribution in [0.2, 0.25) is 0 Å². The molecule has 0 saturated carbocycles. The van der Waals surface area contributed by atoms with E-state index in [0.29, 0.717) is 0 Å². The highest BCUT2D eigenvalue weighted by Gasteiger charge is 2.19. The minimum Gasteiger partial charge on any atom is -0.489 e. The second-order valence-corrected chi connectivity index (χ2v) is 8.04. The summed E-state index contributed by atoms with van der Waals surface area (Å²) in [4.78, 5) is 19.9. The number of piperazine rings is 1. The molecule has 0 aliphatic carbocycles. The van der Waals surface area contributed by atoms with E-state index in [1.807, 2.05) is 53.2 Å². The Morgan fingerprint density at radius 3 is 2.52 bits per heavy atom. The molecule has 164 valence electrons. The number of carbonyl (C=O) groups is 1. The van der Waals surface area contributed by atoms with Crippen LogP contribution in [0.5, 0.6) is 5.75 Å². The van der Waals surface area contributed by atoms with Gasteiger partial charge in [-0.15, -0.1) is 0 Å². The molecule has 3 aromatic rings. The number of hydrogen-bond donors (Lipinski definition) is 0. The Hall–Kier alpha value is -3.22. The minimum atomic E-state index is 0.00423. The van der Waals surface area contributed by atoms with Gasteiger partial charge >= 0.3 is 0 Å². The maximum atomic E-state index is 11.5. The second-order valence-electron chi connectivity index (χ2n) is 8.04. The monoisotopic (exact) mass is 422 g/mol. The molecule has 7 heteroatoms. The van der Waals surface area contributed by atoms with E-state index in [1.54, 1.807) is 13.1 Å². The summed E-state index contributed by atoms with van der Waals surface area (Å²) in [5.41, 5.74) is 1.16. The molecule has 3 heterocycles. The van der Waals surface area contributed by atoms with Gasteiger partial charge in [0.1, 0.15) is 23.4 Å². The van der Waals surface area contributed by atoms with Crippen LogP contribution in [0, 0.1) is 6.92 Å². The van der Waals surface area contributed by atoms with Crippen LogP contribution in [0.15, 0.2) is 59.5 Å². The maximum absolute atomic E-state index is 11.5. The topological polar surface area (TPSA) is 63.7 Å². The lowest BCUT2D eigenvalue weighted by atomic mass is 10.1. The molecular weight excluding hydrogens is 392 g/mol. The van der Waals surface area contributed by atoms with E-state index in [4.69, 9.17) is 9.15 Å². The number of benzene rings is 1. The number of aromatic nitrogens is 2. The minimum absolute atomic E-state index is 0.00423. The van der Waals surface area contributed by atoms with Crippen LogP contribution >= 0.6 is 0 Å². The van der Waals surface area contributed by atoms with Crippen molar-refractivity contribution in [3.63, 3.8) is 0 Å². The lowest BCUT2D eigenvalue weighted by molar-refractivity contribution is -0.129. The van der Waals surface area contributed by atoms with Crippen molar-refractivity contribution in [2.75, 3.05) is 31.1 Å². The van der Waals surface area contributed by atoms with Crippen molar-refractivity contribution in [3.05, 3.63) is 66.6 Å². The standard InChI is InChI=1S/C24H30N4O3/c1-19-3-6-22(30-19)9-10-24(17-26-12-11-25-18-26)31-23-7-4-21(5-8-23)28-15-13-27(14-16-28)20(2)29/h3-8,11-12,18,24H,9-10,13-17H2,1-2H3. The molecule has 0 N–H and O–H groups in total. The van der Waals surface area contributed by atoms with Crippen LogP contribution in [0.25, 0.3) is 0 Å². The zero-order chi connectivity index (χ0) is 21.6. The number of nitrogens with zero attached hydrogens (tertiary/aromatic N) is 4. The maximum Gasteiger partial charge on any atom is 0.219 e. The van der Waals surface area contributed by atoms with Crippen molar-refractivity contribution in [3.8, 4) is 5.75 Å². The third kappa shape index (κ3) is 5.69. The molecule has 1 amide bonds. The number of amides is 1. The molecule has 7 nitrogen and oxygen atoms in total. The smallest absolute Gasteiger partial charge is 0.219 e. The molecule has 1 saturated heterocycles. The summed E-state index contributed by atoms with van der Waals surface area (Å²) in [6, 6.07) is 12.3. The Bertz CT molecular complexity index is 957. The Morgan fingerprint density at radius 2 is 1.90 bits per heavy atom. The van der Waals surface area contributed by atoms with Gasteiger partial charge in [0.15, 0.2) is 0 Å². The summed E-state index contributed by atoms with van der Waals surface area (Å²) in [6.45, 7) is 7.57. The fraction of sp³-hybridized carbons (Fsp3) is 0.417. The molecule has 0 spiro atoms. The van der Waals surface area contributed by atoms with Crippen molar-refractivity contribution in [1.82, 2.24) is 14.5 Å². The van der Waals surface area contributed by atoms with E-state index in [9.17, 15) is 4.79 Å². The molecule has 2 aromatic heterocycles. The fourth-order valence-electron chi connectivity index (χ4n) is 3.95. The first-order valence-corrected chi connectivity index (χ1v) is 10.8. The largest absolute Gasteiger partial charge is 0.489 e. The summed E-state index contributed by atoms with van der Waals surface area (Å²) in [7, 11) is 0. The predicted molar refractivity (Wildman–Crippen MR) is 119 cm³/mol. The van der Waals surface area contributed by atoms with Crippen LogP contribution in [-0.4, -0.2) is 52.6 Å². The van der Waals surface area contributed by atoms with Gasteiger partial charge in [0.05, 0.1) is 12.9 Å². The van der Waals surface area contributed by atoms with Crippen LogP contribution in [-0.2, 0) is 17.8 Å². The van der Waals surface area contributed by atoms with Crippen molar-refractivity contribution in [2.24, 2.45) is 0 Å². The van der Waals surface area contributed by atoms with Gasteiger partial charge in [0.25, 0.3) is 0 Å². The lowest BCUT2D eigenvalue weighted by Crippen LogP contribution is -2.48. The molecule has 1 unspecified atom stereocenters. The van der Waals surface area contributed by atoms with Gasteiger partial charge in [0.2, 0.25) is 5.91 Å².